The molecule has 3 heterocycles. The minimum Gasteiger partial charge on any atom is -0.258 e. The van der Waals surface area contributed by atoms with Gasteiger partial charge in [-0.05, 0) is 17.7 Å². The first-order valence-corrected chi connectivity index (χ1v) is 9.46. The van der Waals surface area contributed by atoms with Crippen LogP contribution in [0.3, 0.4) is 0 Å². The van der Waals surface area contributed by atoms with Crippen LogP contribution in [0, 0.1) is 0 Å². The first-order valence-electron chi connectivity index (χ1n) is 8.64. The summed E-state index contributed by atoms with van der Waals surface area (Å²) in [7, 11) is 0. The van der Waals surface area contributed by atoms with E-state index in [1.807, 2.05) is 48.5 Å². The monoisotopic (exact) mass is 369 g/mol. The zero-order chi connectivity index (χ0) is 18.1. The Balaban J connectivity index is 1.35. The van der Waals surface area contributed by atoms with Crippen LogP contribution < -0.4 is 0 Å². The van der Waals surface area contributed by atoms with Crippen molar-refractivity contribution < 1.29 is 0 Å². The SMILES string of the molecule is c1ccc(C2=NN=C(c3ccc(-c4nc(-c5ccccc5)n[nH]4)s3)C2)cc1. The van der Waals surface area contributed by atoms with Crippen LogP contribution in [0.15, 0.2) is 83.0 Å². The fourth-order valence-corrected chi connectivity index (χ4v) is 3.91. The molecule has 130 valence electrons. The molecule has 4 aromatic rings. The predicted octanol–water partition coefficient (Wildman–Crippen LogP) is 4.80. The molecule has 0 unspecified atom stereocenters. The third-order valence-corrected chi connectivity index (χ3v) is 5.52. The van der Waals surface area contributed by atoms with E-state index < -0.39 is 0 Å². The molecule has 0 atom stereocenters. The van der Waals surface area contributed by atoms with Crippen molar-refractivity contribution in [2.75, 3.05) is 0 Å². The smallest absolute Gasteiger partial charge is 0.181 e. The van der Waals surface area contributed by atoms with Crippen molar-refractivity contribution in [3.8, 4) is 22.1 Å². The van der Waals surface area contributed by atoms with Crippen molar-refractivity contribution in [3.63, 3.8) is 0 Å². The number of H-pyrrole nitrogens is 1. The summed E-state index contributed by atoms with van der Waals surface area (Å²) in [6.07, 6.45) is 0.746. The first kappa shape index (κ1) is 15.8. The van der Waals surface area contributed by atoms with Gasteiger partial charge in [-0.15, -0.1) is 11.3 Å². The van der Waals surface area contributed by atoms with Crippen molar-refractivity contribution in [1.82, 2.24) is 15.2 Å². The predicted molar refractivity (Wildman–Crippen MR) is 109 cm³/mol. The summed E-state index contributed by atoms with van der Waals surface area (Å²) in [6, 6.07) is 24.3. The van der Waals surface area contributed by atoms with Gasteiger partial charge in [-0.3, -0.25) is 5.10 Å². The average Bonchev–Trinajstić information content (AvgIpc) is 3.49. The van der Waals surface area contributed by atoms with Crippen LogP contribution in [0.4, 0.5) is 0 Å². The number of aromatic nitrogens is 3. The molecule has 0 fully saturated rings. The first-order chi connectivity index (χ1) is 13.4. The van der Waals surface area contributed by atoms with Crippen molar-refractivity contribution in [2.45, 2.75) is 6.42 Å². The zero-order valence-electron chi connectivity index (χ0n) is 14.3. The molecule has 2 aromatic carbocycles. The molecule has 1 aliphatic rings. The Labute approximate surface area is 160 Å². The van der Waals surface area contributed by atoms with Crippen molar-refractivity contribution >= 4 is 22.8 Å². The van der Waals surface area contributed by atoms with Gasteiger partial charge < -0.3 is 0 Å². The third kappa shape index (κ3) is 3.11. The lowest BCUT2D eigenvalue weighted by molar-refractivity contribution is 1.10. The van der Waals surface area contributed by atoms with Crippen LogP contribution in [-0.2, 0) is 0 Å². The summed E-state index contributed by atoms with van der Waals surface area (Å²) in [5.74, 6) is 1.47. The molecule has 0 saturated carbocycles. The van der Waals surface area contributed by atoms with Crippen molar-refractivity contribution in [1.29, 1.82) is 0 Å². The van der Waals surface area contributed by atoms with E-state index in [4.69, 9.17) is 0 Å². The molecule has 1 N–H and O–H groups in total. The number of hydrogen-bond donors (Lipinski definition) is 1. The van der Waals surface area contributed by atoms with Crippen LogP contribution in [0.2, 0.25) is 0 Å². The van der Waals surface area contributed by atoms with Crippen molar-refractivity contribution in [3.05, 3.63) is 83.2 Å². The standard InChI is InChI=1S/C21H15N5S/c1-3-7-14(8-4-1)16-13-17(24-23-16)18-11-12-19(27-18)21-22-20(25-26-21)15-9-5-2-6-10-15/h1-12H,13H2,(H,22,25,26). The maximum Gasteiger partial charge on any atom is 0.181 e. The highest BCUT2D eigenvalue weighted by molar-refractivity contribution is 7.17. The second kappa shape index (κ2) is 6.74. The molecule has 0 saturated heterocycles. The molecule has 6 heteroatoms. The highest BCUT2D eigenvalue weighted by Gasteiger charge is 2.18. The lowest BCUT2D eigenvalue weighted by Gasteiger charge is -1.99. The molecular formula is C21H15N5S. The molecule has 2 aromatic heterocycles. The van der Waals surface area contributed by atoms with E-state index >= 15 is 0 Å². The van der Waals surface area contributed by atoms with Crippen molar-refractivity contribution in [2.24, 2.45) is 10.2 Å². The fourth-order valence-electron chi connectivity index (χ4n) is 2.99. The lowest BCUT2D eigenvalue weighted by atomic mass is 10.1. The van der Waals surface area contributed by atoms with Gasteiger partial charge in [-0.2, -0.15) is 15.3 Å². The molecule has 0 bridgehead atoms. The molecular weight excluding hydrogens is 354 g/mol. The summed E-state index contributed by atoms with van der Waals surface area (Å²) < 4.78 is 0. The number of thiophene rings is 1. The number of hydrogen-bond acceptors (Lipinski definition) is 5. The summed E-state index contributed by atoms with van der Waals surface area (Å²) >= 11 is 1.65. The van der Waals surface area contributed by atoms with Gasteiger partial charge in [0.25, 0.3) is 0 Å². The number of rotatable bonds is 4. The van der Waals surface area contributed by atoms with E-state index in [2.05, 4.69) is 49.6 Å². The van der Waals surface area contributed by atoms with E-state index in [-0.39, 0.29) is 0 Å². The second-order valence-corrected chi connectivity index (χ2v) is 7.26. The fraction of sp³-hybridized carbons (Fsp3) is 0.0476. The van der Waals surface area contributed by atoms with Gasteiger partial charge in [0.1, 0.15) is 0 Å². The van der Waals surface area contributed by atoms with E-state index in [0.717, 1.165) is 44.5 Å². The molecule has 0 aliphatic carbocycles. The molecule has 0 spiro atoms. The van der Waals surface area contributed by atoms with E-state index in [0.29, 0.717) is 5.82 Å². The van der Waals surface area contributed by atoms with Gasteiger partial charge >= 0.3 is 0 Å². The van der Waals surface area contributed by atoms with Gasteiger partial charge in [0, 0.05) is 12.0 Å². The van der Waals surface area contributed by atoms with E-state index in [1.165, 1.54) is 0 Å². The van der Waals surface area contributed by atoms with Crippen LogP contribution in [0.1, 0.15) is 16.9 Å². The zero-order valence-corrected chi connectivity index (χ0v) is 15.1. The van der Waals surface area contributed by atoms with Gasteiger partial charge in [0.05, 0.1) is 21.2 Å². The maximum absolute atomic E-state index is 4.63. The van der Waals surface area contributed by atoms with E-state index in [9.17, 15) is 0 Å². The summed E-state index contributed by atoms with van der Waals surface area (Å²) in [4.78, 5) is 6.77. The van der Waals surface area contributed by atoms with Gasteiger partial charge in [0.15, 0.2) is 11.6 Å². The lowest BCUT2D eigenvalue weighted by Crippen LogP contribution is -2.03. The normalized spacial score (nSPS) is 13.5. The Kier molecular flexibility index (Phi) is 3.95. The maximum atomic E-state index is 4.63. The van der Waals surface area contributed by atoms with Crippen LogP contribution in [0.5, 0.6) is 0 Å². The Morgan fingerprint density at radius 2 is 1.37 bits per heavy atom. The molecule has 0 radical (unpaired) electrons. The largest absolute Gasteiger partial charge is 0.258 e. The quantitative estimate of drug-likeness (QED) is 0.562. The summed E-state index contributed by atoms with van der Waals surface area (Å²) in [5.41, 5.74) is 4.12. The van der Waals surface area contributed by atoms with E-state index in [1.54, 1.807) is 11.3 Å². The second-order valence-electron chi connectivity index (χ2n) is 6.17. The Morgan fingerprint density at radius 3 is 2.15 bits per heavy atom. The van der Waals surface area contributed by atoms with Crippen LogP contribution in [0.25, 0.3) is 22.1 Å². The Morgan fingerprint density at radius 1 is 0.704 bits per heavy atom. The van der Waals surface area contributed by atoms with Gasteiger partial charge in [-0.25, -0.2) is 4.98 Å². The van der Waals surface area contributed by atoms with Gasteiger partial charge in [-0.1, -0.05) is 60.7 Å². The topological polar surface area (TPSA) is 66.3 Å². The highest BCUT2D eigenvalue weighted by atomic mass is 32.1. The van der Waals surface area contributed by atoms with Gasteiger partial charge in [0.2, 0.25) is 0 Å². The Hall–Kier alpha value is -3.38. The minimum absolute atomic E-state index is 0.702. The average molecular weight is 369 g/mol. The number of nitrogens with one attached hydrogen (secondary N) is 1. The van der Waals surface area contributed by atoms with Crippen LogP contribution in [-0.4, -0.2) is 26.6 Å². The van der Waals surface area contributed by atoms with Crippen LogP contribution >= 0.6 is 11.3 Å². The molecule has 27 heavy (non-hydrogen) atoms. The minimum atomic E-state index is 0.702. The highest BCUT2D eigenvalue weighted by Crippen LogP contribution is 2.29. The molecule has 1 aliphatic heterocycles. The third-order valence-electron chi connectivity index (χ3n) is 4.37. The Bertz CT molecular complexity index is 1140. The molecule has 5 rings (SSSR count). The summed E-state index contributed by atoms with van der Waals surface area (Å²) in [6.45, 7) is 0. The number of aromatic amines is 1. The number of nitrogens with zero attached hydrogens (tertiary/aromatic N) is 4. The molecule has 5 nitrogen and oxygen atoms in total. The summed E-state index contributed by atoms with van der Waals surface area (Å²) in [5, 5.41) is 16.1. The number of benzene rings is 2. The molecule has 0 amide bonds.